The van der Waals surface area contributed by atoms with Crippen LogP contribution < -0.4 is 5.73 Å². The summed E-state index contributed by atoms with van der Waals surface area (Å²) in [6.45, 7) is 2.72. The molecule has 1 aliphatic rings. The molecule has 2 aromatic rings. The van der Waals surface area contributed by atoms with E-state index in [0.717, 1.165) is 25.3 Å². The lowest BCUT2D eigenvalue weighted by molar-refractivity contribution is 0.319. The van der Waals surface area contributed by atoms with Gasteiger partial charge in [-0.15, -0.1) is 17.5 Å². The maximum atomic E-state index is 6.28. The van der Waals surface area contributed by atoms with Crippen LogP contribution in [0, 0.1) is 0 Å². The first-order valence-corrected chi connectivity index (χ1v) is 6.60. The summed E-state index contributed by atoms with van der Waals surface area (Å²) in [6, 6.07) is 10.7. The molecule has 3 rings (SSSR count). The van der Waals surface area contributed by atoms with Gasteiger partial charge in [0.05, 0.1) is 5.69 Å². The Morgan fingerprint density at radius 2 is 2.00 bits per heavy atom. The zero-order chi connectivity index (χ0) is 13.2. The van der Waals surface area contributed by atoms with Crippen LogP contribution in [0.1, 0.15) is 17.2 Å². The predicted octanol–water partition coefficient (Wildman–Crippen LogP) is 1.16. The number of nitrogens with two attached hydrogens (primary N) is 1. The van der Waals surface area contributed by atoms with Crippen LogP contribution >= 0.6 is 12.4 Å². The second kappa shape index (κ2) is 6.35. The van der Waals surface area contributed by atoms with Crippen LogP contribution in [0.15, 0.2) is 36.5 Å². The summed E-state index contributed by atoms with van der Waals surface area (Å²) in [5, 5.41) is 8.10. The van der Waals surface area contributed by atoms with E-state index >= 15 is 0 Å². The first-order valence-electron chi connectivity index (χ1n) is 6.60. The molecule has 1 saturated heterocycles. The Kier molecular flexibility index (Phi) is 4.75. The Balaban J connectivity index is 0.00000147. The maximum Gasteiger partial charge on any atom is 0.0967 e. The zero-order valence-electron chi connectivity index (χ0n) is 11.5. The van der Waals surface area contributed by atoms with E-state index in [1.807, 2.05) is 19.3 Å². The predicted molar refractivity (Wildman–Crippen MR) is 80.7 cm³/mol. The van der Waals surface area contributed by atoms with Crippen molar-refractivity contribution in [2.45, 2.75) is 18.5 Å². The van der Waals surface area contributed by atoms with Gasteiger partial charge in [0.25, 0.3) is 0 Å². The average Bonchev–Trinajstić information content (AvgIpc) is 2.97. The Morgan fingerprint density at radius 3 is 2.65 bits per heavy atom. The minimum atomic E-state index is 0. The molecule has 1 aromatic heterocycles. The van der Waals surface area contributed by atoms with Gasteiger partial charge >= 0.3 is 0 Å². The van der Waals surface area contributed by atoms with Crippen LogP contribution in [-0.4, -0.2) is 39.0 Å². The van der Waals surface area contributed by atoms with Crippen molar-refractivity contribution in [2.24, 2.45) is 12.8 Å². The average molecular weight is 294 g/mol. The van der Waals surface area contributed by atoms with Gasteiger partial charge in [-0.25, -0.2) is 0 Å². The summed E-state index contributed by atoms with van der Waals surface area (Å²) in [5.74, 6) is 0.415. The number of rotatable bonds is 3. The second-order valence-corrected chi connectivity index (χ2v) is 5.26. The molecule has 1 aromatic carbocycles. The van der Waals surface area contributed by atoms with Crippen LogP contribution in [0.3, 0.4) is 0 Å². The Bertz CT molecular complexity index is 542. The normalized spacial score (nSPS) is 22.7. The summed E-state index contributed by atoms with van der Waals surface area (Å²) >= 11 is 0. The number of halogens is 1. The first-order chi connectivity index (χ1) is 9.22. The number of aromatic nitrogens is 3. The van der Waals surface area contributed by atoms with E-state index in [2.05, 4.69) is 39.5 Å². The Hall–Kier alpha value is -1.43. The molecule has 0 radical (unpaired) electrons. The smallest absolute Gasteiger partial charge is 0.0967 e. The largest absolute Gasteiger partial charge is 0.326 e. The van der Waals surface area contributed by atoms with Gasteiger partial charge in [-0.3, -0.25) is 9.58 Å². The summed E-state index contributed by atoms with van der Waals surface area (Å²) in [5.41, 5.74) is 8.61. The number of hydrogen-bond acceptors (Lipinski definition) is 4. The molecular formula is C14H20ClN5. The topological polar surface area (TPSA) is 60.0 Å². The van der Waals surface area contributed by atoms with Crippen molar-refractivity contribution in [3.05, 3.63) is 47.8 Å². The number of hydrogen-bond donors (Lipinski definition) is 1. The lowest BCUT2D eigenvalue weighted by atomic mass is 9.95. The molecule has 108 valence electrons. The fourth-order valence-electron chi connectivity index (χ4n) is 2.79. The molecule has 0 aliphatic carbocycles. The van der Waals surface area contributed by atoms with Crippen molar-refractivity contribution >= 4 is 12.4 Å². The van der Waals surface area contributed by atoms with E-state index in [0.29, 0.717) is 5.92 Å². The van der Waals surface area contributed by atoms with Crippen molar-refractivity contribution in [3.63, 3.8) is 0 Å². The molecule has 1 fully saturated rings. The maximum absolute atomic E-state index is 6.28. The molecule has 1 aliphatic heterocycles. The molecule has 0 bridgehead atoms. The highest BCUT2D eigenvalue weighted by molar-refractivity contribution is 5.85. The molecule has 0 amide bonds. The lowest BCUT2D eigenvalue weighted by Gasteiger charge is -2.14. The lowest BCUT2D eigenvalue weighted by Crippen LogP contribution is -2.28. The van der Waals surface area contributed by atoms with Crippen molar-refractivity contribution in [2.75, 3.05) is 13.1 Å². The molecule has 0 saturated carbocycles. The first kappa shape index (κ1) is 15.0. The second-order valence-electron chi connectivity index (χ2n) is 5.26. The highest BCUT2D eigenvalue weighted by Gasteiger charge is 2.31. The van der Waals surface area contributed by atoms with Gasteiger partial charge in [0.2, 0.25) is 0 Å². The van der Waals surface area contributed by atoms with Gasteiger partial charge < -0.3 is 5.73 Å². The van der Waals surface area contributed by atoms with Crippen LogP contribution in [0.25, 0.3) is 0 Å². The molecule has 0 spiro atoms. The summed E-state index contributed by atoms with van der Waals surface area (Å²) in [6.07, 6.45) is 1.96. The highest BCUT2D eigenvalue weighted by atomic mass is 35.5. The summed E-state index contributed by atoms with van der Waals surface area (Å²) in [4.78, 5) is 2.35. The van der Waals surface area contributed by atoms with Gasteiger partial charge in [0, 0.05) is 44.8 Å². The Morgan fingerprint density at radius 1 is 1.25 bits per heavy atom. The van der Waals surface area contributed by atoms with E-state index in [9.17, 15) is 0 Å². The third-order valence-electron chi connectivity index (χ3n) is 3.70. The number of aryl methyl sites for hydroxylation is 1. The van der Waals surface area contributed by atoms with Gasteiger partial charge in [0.1, 0.15) is 0 Å². The monoisotopic (exact) mass is 293 g/mol. The zero-order valence-corrected chi connectivity index (χ0v) is 12.3. The van der Waals surface area contributed by atoms with Crippen molar-refractivity contribution in [3.8, 4) is 0 Å². The van der Waals surface area contributed by atoms with E-state index in [-0.39, 0.29) is 18.4 Å². The number of likely N-dealkylation sites (tertiary alicyclic amines) is 1. The van der Waals surface area contributed by atoms with Crippen molar-refractivity contribution < 1.29 is 0 Å². The van der Waals surface area contributed by atoms with Crippen LogP contribution in [0.2, 0.25) is 0 Å². The van der Waals surface area contributed by atoms with E-state index in [4.69, 9.17) is 5.73 Å². The fraction of sp³-hybridized carbons (Fsp3) is 0.429. The molecule has 5 nitrogen and oxygen atoms in total. The summed E-state index contributed by atoms with van der Waals surface area (Å²) in [7, 11) is 1.89. The van der Waals surface area contributed by atoms with Gasteiger partial charge in [0.15, 0.2) is 0 Å². The molecule has 20 heavy (non-hydrogen) atoms. The van der Waals surface area contributed by atoms with E-state index in [1.54, 1.807) is 4.68 Å². The highest BCUT2D eigenvalue weighted by Crippen LogP contribution is 2.26. The SMILES string of the molecule is Cl.Cn1cc(CN2C[C@@H](N)[C@H](c3ccccc3)C2)nn1. The van der Waals surface area contributed by atoms with Gasteiger partial charge in [-0.2, -0.15) is 0 Å². The molecule has 6 heteroatoms. The minimum absolute atomic E-state index is 0. The minimum Gasteiger partial charge on any atom is -0.326 e. The number of benzene rings is 1. The standard InChI is InChI=1S/C14H19N5.ClH/c1-18-7-12(16-17-18)8-19-9-13(14(15)10-19)11-5-3-2-4-6-11;/h2-7,13-14H,8-10,15H2,1H3;1H/t13-,14+;/m0./s1. The van der Waals surface area contributed by atoms with Gasteiger partial charge in [-0.05, 0) is 5.56 Å². The van der Waals surface area contributed by atoms with Crippen molar-refractivity contribution in [1.82, 2.24) is 19.9 Å². The number of nitrogens with zero attached hydrogens (tertiary/aromatic N) is 4. The van der Waals surface area contributed by atoms with Crippen molar-refractivity contribution in [1.29, 1.82) is 0 Å². The van der Waals surface area contributed by atoms with Gasteiger partial charge in [-0.1, -0.05) is 35.5 Å². The van der Waals surface area contributed by atoms with Crippen LogP contribution in [-0.2, 0) is 13.6 Å². The molecular weight excluding hydrogens is 274 g/mol. The third kappa shape index (κ3) is 3.17. The molecule has 2 atom stereocenters. The van der Waals surface area contributed by atoms with Crippen LogP contribution in [0.5, 0.6) is 0 Å². The Labute approximate surface area is 125 Å². The fourth-order valence-corrected chi connectivity index (χ4v) is 2.79. The van der Waals surface area contributed by atoms with E-state index in [1.165, 1.54) is 5.56 Å². The third-order valence-corrected chi connectivity index (χ3v) is 3.70. The quantitative estimate of drug-likeness (QED) is 0.923. The van der Waals surface area contributed by atoms with Crippen LogP contribution in [0.4, 0.5) is 0 Å². The molecule has 2 N–H and O–H groups in total. The molecule has 0 unspecified atom stereocenters. The van der Waals surface area contributed by atoms with E-state index < -0.39 is 0 Å². The molecule has 2 heterocycles. The summed E-state index contributed by atoms with van der Waals surface area (Å²) < 4.78 is 1.74.